The summed E-state index contributed by atoms with van der Waals surface area (Å²) in [6.07, 6.45) is 1.30. The third-order valence-electron chi connectivity index (χ3n) is 3.85. The summed E-state index contributed by atoms with van der Waals surface area (Å²) in [5, 5.41) is 3.19. The molecule has 1 heterocycles. The molecule has 1 amide bonds. The van der Waals surface area contributed by atoms with Crippen LogP contribution in [-0.4, -0.2) is 14.3 Å². The Morgan fingerprint density at radius 2 is 1.85 bits per heavy atom. The number of amides is 1. The van der Waals surface area contributed by atoms with Gasteiger partial charge in [0, 0.05) is 16.3 Å². The van der Waals surface area contributed by atoms with E-state index in [0.29, 0.717) is 16.3 Å². The fourth-order valence-electron chi connectivity index (χ4n) is 2.47. The molecule has 0 saturated heterocycles. The van der Waals surface area contributed by atoms with E-state index in [1.165, 1.54) is 24.5 Å². The summed E-state index contributed by atoms with van der Waals surface area (Å²) in [6, 6.07) is 14.7. The van der Waals surface area contributed by atoms with E-state index in [-0.39, 0.29) is 16.4 Å². The molecule has 0 spiro atoms. The van der Waals surface area contributed by atoms with Crippen LogP contribution < -0.4 is 5.32 Å². The number of hydrogen-bond acceptors (Lipinski definition) is 4. The van der Waals surface area contributed by atoms with Gasteiger partial charge in [0.1, 0.15) is 0 Å². The first-order valence-electron chi connectivity index (χ1n) is 7.78. The molecule has 0 radical (unpaired) electrons. The second-order valence-corrected chi connectivity index (χ2v) is 8.19. The lowest BCUT2D eigenvalue weighted by molar-refractivity contribution is 0.0995. The highest BCUT2D eigenvalue weighted by atomic mass is 35.5. The minimum Gasteiger partial charge on any atom is -0.459 e. The van der Waals surface area contributed by atoms with E-state index in [9.17, 15) is 13.2 Å². The average molecular weight is 390 g/mol. The van der Waals surface area contributed by atoms with Crippen molar-refractivity contribution in [2.45, 2.75) is 17.6 Å². The summed E-state index contributed by atoms with van der Waals surface area (Å²) in [5.74, 6) is -0.896. The lowest BCUT2D eigenvalue weighted by Gasteiger charge is -2.09. The van der Waals surface area contributed by atoms with Gasteiger partial charge in [-0.3, -0.25) is 4.79 Å². The summed E-state index contributed by atoms with van der Waals surface area (Å²) < 4.78 is 30.3. The smallest absolute Gasteiger partial charge is 0.291 e. The Morgan fingerprint density at radius 1 is 1.12 bits per heavy atom. The van der Waals surface area contributed by atoms with Gasteiger partial charge >= 0.3 is 0 Å². The number of aryl methyl sites for hydroxylation is 1. The predicted octanol–water partition coefficient (Wildman–Crippen LogP) is 4.47. The fourth-order valence-corrected chi connectivity index (χ4v) is 4.02. The molecule has 1 aromatic heterocycles. The average Bonchev–Trinajstić information content (AvgIpc) is 3.06. The number of rotatable bonds is 5. The number of nitrogens with one attached hydrogen (secondary N) is 1. The zero-order chi connectivity index (χ0) is 18.7. The molecule has 134 valence electrons. The van der Waals surface area contributed by atoms with Gasteiger partial charge in [0.15, 0.2) is 15.6 Å². The maximum atomic E-state index is 12.5. The highest BCUT2D eigenvalue weighted by Crippen LogP contribution is 2.23. The summed E-state index contributed by atoms with van der Waals surface area (Å²) in [6.45, 7) is 1.83. The second-order valence-electron chi connectivity index (χ2n) is 5.76. The highest BCUT2D eigenvalue weighted by molar-refractivity contribution is 7.90. The molecule has 0 saturated carbocycles. The lowest BCUT2D eigenvalue weighted by Crippen LogP contribution is -2.15. The number of anilines is 1. The molecule has 5 nitrogen and oxygen atoms in total. The molecule has 0 bridgehead atoms. The summed E-state index contributed by atoms with van der Waals surface area (Å²) in [7, 11) is -3.59. The van der Waals surface area contributed by atoms with Crippen molar-refractivity contribution in [3.05, 3.63) is 82.8 Å². The SMILES string of the molecule is Cc1ccc(Cl)cc1NC(=O)c1occc1CS(=O)(=O)c1ccccc1. The summed E-state index contributed by atoms with van der Waals surface area (Å²) in [5.41, 5.74) is 1.66. The zero-order valence-corrected chi connectivity index (χ0v) is 15.5. The highest BCUT2D eigenvalue weighted by Gasteiger charge is 2.22. The Balaban J connectivity index is 1.84. The van der Waals surface area contributed by atoms with Gasteiger partial charge in [-0.05, 0) is 42.8 Å². The fraction of sp³-hybridized carbons (Fsp3) is 0.105. The molecule has 7 heteroatoms. The maximum absolute atomic E-state index is 12.5. The largest absolute Gasteiger partial charge is 0.459 e. The topological polar surface area (TPSA) is 76.4 Å². The number of furan rings is 1. The molecule has 0 unspecified atom stereocenters. The molecular weight excluding hydrogens is 374 g/mol. The van der Waals surface area contributed by atoms with E-state index in [0.717, 1.165) is 5.56 Å². The zero-order valence-electron chi connectivity index (χ0n) is 13.9. The third-order valence-corrected chi connectivity index (χ3v) is 5.77. The van der Waals surface area contributed by atoms with Crippen molar-refractivity contribution < 1.29 is 17.6 Å². The third kappa shape index (κ3) is 3.98. The van der Waals surface area contributed by atoms with Crippen LogP contribution in [0, 0.1) is 6.92 Å². The Kier molecular flexibility index (Phi) is 5.15. The molecular formula is C19H16ClNO4S. The molecule has 3 rings (SSSR count). The second kappa shape index (κ2) is 7.35. The molecule has 2 aromatic carbocycles. The lowest BCUT2D eigenvalue weighted by atomic mass is 10.2. The van der Waals surface area contributed by atoms with Gasteiger partial charge in [0.25, 0.3) is 5.91 Å². The number of hydrogen-bond donors (Lipinski definition) is 1. The van der Waals surface area contributed by atoms with E-state index in [2.05, 4.69) is 5.32 Å². The first kappa shape index (κ1) is 18.2. The summed E-state index contributed by atoms with van der Waals surface area (Å²) in [4.78, 5) is 12.7. The Bertz CT molecular complexity index is 1040. The van der Waals surface area contributed by atoms with Crippen LogP contribution in [0.5, 0.6) is 0 Å². The number of benzene rings is 2. The van der Waals surface area contributed by atoms with Crippen molar-refractivity contribution in [3.8, 4) is 0 Å². The predicted molar refractivity (Wildman–Crippen MR) is 100 cm³/mol. The van der Waals surface area contributed by atoms with Crippen LogP contribution >= 0.6 is 11.6 Å². The standard InChI is InChI=1S/C19H16ClNO4S/c1-13-7-8-15(20)11-17(13)21-19(22)18-14(9-10-25-18)12-26(23,24)16-5-3-2-4-6-16/h2-11H,12H2,1H3,(H,21,22). The maximum Gasteiger partial charge on any atom is 0.291 e. The van der Waals surface area contributed by atoms with E-state index in [1.807, 2.05) is 6.92 Å². The van der Waals surface area contributed by atoms with Crippen molar-refractivity contribution in [3.63, 3.8) is 0 Å². The van der Waals surface area contributed by atoms with Crippen molar-refractivity contribution in [2.75, 3.05) is 5.32 Å². The monoisotopic (exact) mass is 389 g/mol. The van der Waals surface area contributed by atoms with E-state index in [4.69, 9.17) is 16.0 Å². The van der Waals surface area contributed by atoms with E-state index < -0.39 is 15.7 Å². The minimum atomic E-state index is -3.59. The van der Waals surface area contributed by atoms with Gasteiger partial charge in [-0.2, -0.15) is 0 Å². The minimum absolute atomic E-state index is 0.0381. The molecule has 0 aliphatic heterocycles. The van der Waals surface area contributed by atoms with Crippen LogP contribution in [0.1, 0.15) is 21.7 Å². The number of sulfone groups is 1. The van der Waals surface area contributed by atoms with Gasteiger partial charge < -0.3 is 9.73 Å². The molecule has 3 aromatic rings. The Labute approximate surface area is 156 Å². The van der Waals surface area contributed by atoms with Crippen molar-refractivity contribution in [1.29, 1.82) is 0 Å². The van der Waals surface area contributed by atoms with Crippen molar-refractivity contribution in [1.82, 2.24) is 0 Å². The van der Waals surface area contributed by atoms with Crippen LogP contribution in [0.25, 0.3) is 0 Å². The normalized spacial score (nSPS) is 11.3. The molecule has 0 aliphatic carbocycles. The van der Waals surface area contributed by atoms with Gasteiger partial charge in [-0.1, -0.05) is 35.9 Å². The molecule has 0 fully saturated rings. The van der Waals surface area contributed by atoms with Crippen LogP contribution in [0.4, 0.5) is 5.69 Å². The molecule has 26 heavy (non-hydrogen) atoms. The van der Waals surface area contributed by atoms with Gasteiger partial charge in [0.2, 0.25) is 0 Å². The molecule has 0 aliphatic rings. The number of carbonyl (C=O) groups is 1. The summed E-state index contributed by atoms with van der Waals surface area (Å²) >= 11 is 5.96. The number of halogens is 1. The number of carbonyl (C=O) groups excluding carboxylic acids is 1. The van der Waals surface area contributed by atoms with Gasteiger partial charge in [-0.25, -0.2) is 8.42 Å². The van der Waals surface area contributed by atoms with Crippen LogP contribution in [0.3, 0.4) is 0 Å². The van der Waals surface area contributed by atoms with Gasteiger partial charge in [0.05, 0.1) is 16.9 Å². The van der Waals surface area contributed by atoms with Crippen LogP contribution in [0.2, 0.25) is 5.02 Å². The van der Waals surface area contributed by atoms with E-state index >= 15 is 0 Å². The van der Waals surface area contributed by atoms with Crippen molar-refractivity contribution in [2.24, 2.45) is 0 Å². The Hall–Kier alpha value is -2.57. The van der Waals surface area contributed by atoms with Crippen LogP contribution in [0.15, 0.2) is 70.2 Å². The first-order chi connectivity index (χ1) is 12.4. The quantitative estimate of drug-likeness (QED) is 0.698. The molecule has 0 atom stereocenters. The van der Waals surface area contributed by atoms with E-state index in [1.54, 1.807) is 36.4 Å². The Morgan fingerprint density at radius 3 is 2.58 bits per heavy atom. The van der Waals surface area contributed by atoms with Gasteiger partial charge in [-0.15, -0.1) is 0 Å². The van der Waals surface area contributed by atoms with Crippen LogP contribution in [-0.2, 0) is 15.6 Å². The molecule has 1 N–H and O–H groups in total. The van der Waals surface area contributed by atoms with Crippen molar-refractivity contribution >= 4 is 33.0 Å². The first-order valence-corrected chi connectivity index (χ1v) is 9.81.